The molecule has 0 saturated heterocycles. The smallest absolute Gasteiger partial charge is 0.225 e. The van der Waals surface area contributed by atoms with Crippen LogP contribution in [0.25, 0.3) is 0 Å². The lowest BCUT2D eigenvalue weighted by molar-refractivity contribution is -0.116. The average molecular weight is 338 g/mol. The van der Waals surface area contributed by atoms with E-state index in [-0.39, 0.29) is 23.8 Å². The van der Waals surface area contributed by atoms with Crippen molar-refractivity contribution < 1.29 is 4.79 Å². The van der Waals surface area contributed by atoms with Gasteiger partial charge in [-0.25, -0.2) is 0 Å². The molecule has 0 aliphatic carbocycles. The maximum absolute atomic E-state index is 11.9. The van der Waals surface area contributed by atoms with Gasteiger partial charge in [-0.05, 0) is 24.0 Å². The van der Waals surface area contributed by atoms with Crippen molar-refractivity contribution >= 4 is 46.4 Å². The molecule has 0 aliphatic rings. The fourth-order valence-corrected chi connectivity index (χ4v) is 2.51. The molecule has 1 rings (SSSR count). The summed E-state index contributed by atoms with van der Waals surface area (Å²) in [6.07, 6.45) is 0.989. The van der Waals surface area contributed by atoms with Gasteiger partial charge >= 0.3 is 0 Å². The molecule has 1 unspecified atom stereocenters. The van der Waals surface area contributed by atoms with E-state index in [0.717, 1.165) is 6.42 Å². The zero-order valence-corrected chi connectivity index (χ0v) is 14.0. The summed E-state index contributed by atoms with van der Waals surface area (Å²) in [6, 6.07) is 2.83. The van der Waals surface area contributed by atoms with Crippen molar-refractivity contribution in [1.29, 1.82) is 0 Å². The van der Waals surface area contributed by atoms with Crippen LogP contribution in [0.3, 0.4) is 0 Å². The van der Waals surface area contributed by atoms with Gasteiger partial charge in [0.15, 0.2) is 0 Å². The largest absolute Gasteiger partial charge is 0.327 e. The molecule has 1 amide bonds. The number of hydrogen-bond donors (Lipinski definition) is 2. The predicted octanol–water partition coefficient (Wildman–Crippen LogP) is 4.74. The molecular formula is C14H19Cl3N2O. The van der Waals surface area contributed by atoms with E-state index in [0.29, 0.717) is 20.8 Å². The molecular weight excluding hydrogens is 319 g/mol. The Hall–Kier alpha value is -0.480. The number of carbonyl (C=O) groups is 1. The molecule has 0 fully saturated rings. The minimum Gasteiger partial charge on any atom is -0.327 e. The summed E-state index contributed by atoms with van der Waals surface area (Å²) in [5.41, 5.74) is 6.49. The Morgan fingerprint density at radius 3 is 2.30 bits per heavy atom. The Balaban J connectivity index is 2.65. The monoisotopic (exact) mass is 336 g/mol. The number of rotatable bonds is 4. The van der Waals surface area contributed by atoms with Crippen molar-refractivity contribution in [2.75, 3.05) is 5.32 Å². The zero-order chi connectivity index (χ0) is 15.5. The second-order valence-corrected chi connectivity index (χ2v) is 7.24. The molecule has 0 aliphatic heterocycles. The molecule has 0 spiro atoms. The highest BCUT2D eigenvalue weighted by Crippen LogP contribution is 2.32. The Labute approximate surface area is 134 Å². The third-order valence-electron chi connectivity index (χ3n) is 2.61. The van der Waals surface area contributed by atoms with Gasteiger partial charge in [0.05, 0.1) is 20.8 Å². The zero-order valence-electron chi connectivity index (χ0n) is 11.8. The molecule has 3 nitrogen and oxygen atoms in total. The van der Waals surface area contributed by atoms with Crippen molar-refractivity contribution in [1.82, 2.24) is 0 Å². The fourth-order valence-electron chi connectivity index (χ4n) is 1.92. The van der Waals surface area contributed by atoms with Crippen LogP contribution >= 0.6 is 34.8 Å². The molecule has 1 atom stereocenters. The lowest BCUT2D eigenvalue weighted by atomic mass is 9.87. The Morgan fingerprint density at radius 2 is 1.75 bits per heavy atom. The second kappa shape index (κ2) is 6.99. The van der Waals surface area contributed by atoms with E-state index >= 15 is 0 Å². The number of amides is 1. The quantitative estimate of drug-likeness (QED) is 0.780. The van der Waals surface area contributed by atoms with E-state index in [1.807, 2.05) is 0 Å². The van der Waals surface area contributed by atoms with Crippen molar-refractivity contribution in [2.45, 2.75) is 39.7 Å². The second-order valence-electron chi connectivity index (χ2n) is 6.02. The van der Waals surface area contributed by atoms with Crippen LogP contribution in [0, 0.1) is 5.41 Å². The van der Waals surface area contributed by atoms with Crippen LogP contribution in [0.2, 0.25) is 15.1 Å². The van der Waals surface area contributed by atoms with E-state index < -0.39 is 0 Å². The Bertz CT molecular complexity index is 498. The van der Waals surface area contributed by atoms with Gasteiger partial charge < -0.3 is 11.1 Å². The first kappa shape index (κ1) is 17.6. The topological polar surface area (TPSA) is 55.1 Å². The van der Waals surface area contributed by atoms with Crippen LogP contribution in [0.1, 0.15) is 33.6 Å². The molecule has 20 heavy (non-hydrogen) atoms. The maximum atomic E-state index is 11.9. The van der Waals surface area contributed by atoms with Gasteiger partial charge in [0, 0.05) is 12.5 Å². The summed E-state index contributed by atoms with van der Waals surface area (Å²) in [5, 5.41) is 3.73. The van der Waals surface area contributed by atoms with Crippen LogP contribution in [-0.4, -0.2) is 11.9 Å². The molecule has 0 aromatic heterocycles. The van der Waals surface area contributed by atoms with Gasteiger partial charge in [0.1, 0.15) is 0 Å². The fraction of sp³-hybridized carbons (Fsp3) is 0.500. The molecule has 0 saturated carbocycles. The molecule has 1 aromatic carbocycles. The van der Waals surface area contributed by atoms with E-state index in [4.69, 9.17) is 40.5 Å². The van der Waals surface area contributed by atoms with Crippen molar-refractivity contribution in [3.05, 3.63) is 27.2 Å². The third-order valence-corrected chi connectivity index (χ3v) is 3.64. The van der Waals surface area contributed by atoms with Crippen molar-refractivity contribution in [2.24, 2.45) is 11.1 Å². The molecule has 3 N–H and O–H groups in total. The number of carbonyl (C=O) groups excluding carboxylic acids is 1. The normalized spacial score (nSPS) is 13.2. The minimum absolute atomic E-state index is 0.0842. The predicted molar refractivity (Wildman–Crippen MR) is 86.8 cm³/mol. The summed E-state index contributed by atoms with van der Waals surface area (Å²) in [4.78, 5) is 11.9. The molecule has 6 heteroatoms. The van der Waals surface area contributed by atoms with Crippen LogP contribution in [-0.2, 0) is 4.79 Å². The first-order valence-corrected chi connectivity index (χ1v) is 7.42. The van der Waals surface area contributed by atoms with Gasteiger partial charge in [0.2, 0.25) is 5.91 Å². The van der Waals surface area contributed by atoms with Crippen molar-refractivity contribution in [3.8, 4) is 0 Å². The number of nitrogens with two attached hydrogens (primary N) is 1. The maximum Gasteiger partial charge on any atom is 0.225 e. The first-order valence-electron chi connectivity index (χ1n) is 6.28. The molecule has 0 radical (unpaired) electrons. The first-order chi connectivity index (χ1) is 9.08. The summed E-state index contributed by atoms with van der Waals surface area (Å²) in [7, 11) is 0. The van der Waals surface area contributed by atoms with Gasteiger partial charge in [0.25, 0.3) is 0 Å². The molecule has 0 bridgehead atoms. The highest BCUT2D eigenvalue weighted by Gasteiger charge is 2.18. The van der Waals surface area contributed by atoms with Crippen molar-refractivity contribution in [3.63, 3.8) is 0 Å². The number of benzene rings is 1. The summed E-state index contributed by atoms with van der Waals surface area (Å²) in [5.74, 6) is -0.193. The molecule has 112 valence electrons. The van der Waals surface area contributed by atoms with Gasteiger partial charge in [-0.2, -0.15) is 0 Å². The lowest BCUT2D eigenvalue weighted by Gasteiger charge is -2.22. The number of anilines is 1. The summed E-state index contributed by atoms with van der Waals surface area (Å²) < 4.78 is 0. The molecule has 1 aromatic rings. The highest BCUT2D eigenvalue weighted by molar-refractivity contribution is 6.44. The van der Waals surface area contributed by atoms with E-state index in [1.165, 1.54) is 12.1 Å². The molecule has 0 heterocycles. The van der Waals surface area contributed by atoms with E-state index in [9.17, 15) is 4.79 Å². The SMILES string of the molecule is CC(C)(C)CC(N)CC(=O)Nc1cc(Cl)c(Cl)cc1Cl. The number of hydrogen-bond acceptors (Lipinski definition) is 2. The lowest BCUT2D eigenvalue weighted by Crippen LogP contribution is -2.31. The highest BCUT2D eigenvalue weighted by atomic mass is 35.5. The van der Waals surface area contributed by atoms with Gasteiger partial charge in [-0.3, -0.25) is 4.79 Å². The van der Waals surface area contributed by atoms with E-state index in [2.05, 4.69) is 26.1 Å². The van der Waals surface area contributed by atoms with Crippen LogP contribution in [0.4, 0.5) is 5.69 Å². The minimum atomic E-state index is -0.198. The van der Waals surface area contributed by atoms with Crippen LogP contribution in [0.15, 0.2) is 12.1 Å². The third kappa shape index (κ3) is 5.88. The standard InChI is InChI=1S/C14H19Cl3N2O/c1-14(2,3)7-8(18)4-13(20)19-12-6-10(16)9(15)5-11(12)17/h5-6,8H,4,7,18H2,1-3H3,(H,19,20). The summed E-state index contributed by atoms with van der Waals surface area (Å²) in [6.45, 7) is 6.25. The number of nitrogens with one attached hydrogen (secondary N) is 1. The average Bonchev–Trinajstić information content (AvgIpc) is 2.22. The van der Waals surface area contributed by atoms with Gasteiger partial charge in [-0.1, -0.05) is 55.6 Å². The Kier molecular flexibility index (Phi) is 6.14. The van der Waals surface area contributed by atoms with Crippen LogP contribution < -0.4 is 11.1 Å². The van der Waals surface area contributed by atoms with Gasteiger partial charge in [-0.15, -0.1) is 0 Å². The van der Waals surface area contributed by atoms with E-state index in [1.54, 1.807) is 0 Å². The van der Waals surface area contributed by atoms with Crippen LogP contribution in [0.5, 0.6) is 0 Å². The Morgan fingerprint density at radius 1 is 1.20 bits per heavy atom. The summed E-state index contributed by atoms with van der Waals surface area (Å²) >= 11 is 17.7. The number of halogens is 3.